The first-order valence-electron chi connectivity index (χ1n) is 3.90. The SMILES string of the molecule is CSc1cnc(NCCNN)nc1. The van der Waals surface area contributed by atoms with Gasteiger partial charge in [0.25, 0.3) is 0 Å². The summed E-state index contributed by atoms with van der Waals surface area (Å²) in [6, 6.07) is 0. The van der Waals surface area contributed by atoms with E-state index in [2.05, 4.69) is 20.7 Å². The zero-order valence-electron chi connectivity index (χ0n) is 7.45. The fourth-order valence-corrected chi connectivity index (χ4v) is 1.08. The van der Waals surface area contributed by atoms with Crippen molar-refractivity contribution < 1.29 is 0 Å². The zero-order chi connectivity index (χ0) is 9.52. The molecule has 0 aliphatic carbocycles. The van der Waals surface area contributed by atoms with Crippen LogP contribution in [0.1, 0.15) is 0 Å². The summed E-state index contributed by atoms with van der Waals surface area (Å²) in [6.45, 7) is 1.41. The lowest BCUT2D eigenvalue weighted by Crippen LogP contribution is -2.28. The first-order valence-corrected chi connectivity index (χ1v) is 5.12. The minimum absolute atomic E-state index is 0.632. The summed E-state index contributed by atoms with van der Waals surface area (Å²) in [5.74, 6) is 5.74. The van der Waals surface area contributed by atoms with Gasteiger partial charge < -0.3 is 5.32 Å². The van der Waals surface area contributed by atoms with E-state index < -0.39 is 0 Å². The fourth-order valence-electron chi connectivity index (χ4n) is 0.759. The Morgan fingerprint density at radius 1 is 1.38 bits per heavy atom. The topological polar surface area (TPSA) is 75.9 Å². The van der Waals surface area contributed by atoms with E-state index in [0.717, 1.165) is 11.4 Å². The quantitative estimate of drug-likeness (QED) is 0.270. The summed E-state index contributed by atoms with van der Waals surface area (Å²) in [7, 11) is 0. The van der Waals surface area contributed by atoms with Crippen molar-refractivity contribution in [3.63, 3.8) is 0 Å². The average molecular weight is 199 g/mol. The Balaban J connectivity index is 2.40. The number of nitrogens with zero attached hydrogens (tertiary/aromatic N) is 2. The van der Waals surface area contributed by atoms with Gasteiger partial charge in [-0.05, 0) is 6.26 Å². The maximum Gasteiger partial charge on any atom is 0.222 e. The molecule has 13 heavy (non-hydrogen) atoms. The standard InChI is InChI=1S/C7H13N5S/c1-13-6-4-10-7(11-5-6)9-2-3-12-8/h4-5,12H,2-3,8H2,1H3,(H,9,10,11). The molecule has 0 amide bonds. The minimum Gasteiger partial charge on any atom is -0.353 e. The minimum atomic E-state index is 0.632. The van der Waals surface area contributed by atoms with E-state index in [0.29, 0.717) is 12.5 Å². The highest BCUT2D eigenvalue weighted by Crippen LogP contribution is 2.11. The second kappa shape index (κ2) is 5.74. The van der Waals surface area contributed by atoms with Crippen LogP contribution in [-0.4, -0.2) is 29.3 Å². The van der Waals surface area contributed by atoms with E-state index in [1.165, 1.54) is 0 Å². The number of aromatic nitrogens is 2. The molecule has 0 bridgehead atoms. The van der Waals surface area contributed by atoms with Crippen LogP contribution in [0.25, 0.3) is 0 Å². The Kier molecular flexibility index (Phi) is 4.52. The predicted molar refractivity (Wildman–Crippen MR) is 54.5 cm³/mol. The summed E-state index contributed by atoms with van der Waals surface area (Å²) in [5.41, 5.74) is 2.54. The third kappa shape index (κ3) is 3.58. The molecule has 1 heterocycles. The van der Waals surface area contributed by atoms with Crippen LogP contribution in [0, 0.1) is 0 Å². The number of hydrogen-bond donors (Lipinski definition) is 3. The molecule has 6 heteroatoms. The second-order valence-corrected chi connectivity index (χ2v) is 3.21. The lowest BCUT2D eigenvalue weighted by atomic mass is 10.6. The molecule has 0 saturated heterocycles. The van der Waals surface area contributed by atoms with Gasteiger partial charge in [0.15, 0.2) is 0 Å². The Bertz CT molecular complexity index is 237. The van der Waals surface area contributed by atoms with Crippen LogP contribution in [0.3, 0.4) is 0 Å². The number of rotatable bonds is 5. The highest BCUT2D eigenvalue weighted by Gasteiger charge is 1.94. The molecule has 0 spiro atoms. The van der Waals surface area contributed by atoms with Crippen LogP contribution in [-0.2, 0) is 0 Å². The molecule has 5 nitrogen and oxygen atoms in total. The molecule has 4 N–H and O–H groups in total. The molecule has 72 valence electrons. The lowest BCUT2D eigenvalue weighted by molar-refractivity contribution is 0.750. The number of hydrazine groups is 1. The van der Waals surface area contributed by atoms with E-state index in [1.54, 1.807) is 24.2 Å². The van der Waals surface area contributed by atoms with Crippen molar-refractivity contribution in [1.82, 2.24) is 15.4 Å². The third-order valence-corrected chi connectivity index (χ3v) is 2.10. The average Bonchev–Trinajstić information content (AvgIpc) is 2.19. The maximum absolute atomic E-state index is 5.10. The molecular formula is C7H13N5S. The van der Waals surface area contributed by atoms with Crippen LogP contribution in [0.4, 0.5) is 5.95 Å². The Morgan fingerprint density at radius 3 is 2.62 bits per heavy atom. The van der Waals surface area contributed by atoms with Gasteiger partial charge in [0, 0.05) is 30.4 Å². The van der Waals surface area contributed by atoms with Crippen LogP contribution in [0.5, 0.6) is 0 Å². The molecule has 0 fully saturated rings. The molecule has 0 unspecified atom stereocenters. The van der Waals surface area contributed by atoms with E-state index in [4.69, 9.17) is 5.84 Å². The third-order valence-electron chi connectivity index (χ3n) is 1.42. The van der Waals surface area contributed by atoms with Crippen molar-refractivity contribution in [3.05, 3.63) is 12.4 Å². The van der Waals surface area contributed by atoms with E-state index >= 15 is 0 Å². The highest BCUT2D eigenvalue weighted by atomic mass is 32.2. The number of nitrogens with one attached hydrogen (secondary N) is 2. The molecule has 0 saturated carbocycles. The lowest BCUT2D eigenvalue weighted by Gasteiger charge is -2.03. The fraction of sp³-hybridized carbons (Fsp3) is 0.429. The van der Waals surface area contributed by atoms with E-state index in [1.807, 2.05) is 6.26 Å². The van der Waals surface area contributed by atoms with Crippen molar-refractivity contribution in [1.29, 1.82) is 0 Å². The highest BCUT2D eigenvalue weighted by molar-refractivity contribution is 7.98. The van der Waals surface area contributed by atoms with Gasteiger partial charge in [0.1, 0.15) is 0 Å². The van der Waals surface area contributed by atoms with Gasteiger partial charge in [-0.2, -0.15) is 0 Å². The van der Waals surface area contributed by atoms with Gasteiger partial charge in [-0.3, -0.25) is 11.3 Å². The van der Waals surface area contributed by atoms with Gasteiger partial charge in [0.2, 0.25) is 5.95 Å². The summed E-state index contributed by atoms with van der Waals surface area (Å²) < 4.78 is 0. The van der Waals surface area contributed by atoms with Crippen molar-refractivity contribution >= 4 is 17.7 Å². The molecule has 0 aromatic carbocycles. The number of anilines is 1. The largest absolute Gasteiger partial charge is 0.353 e. The first-order chi connectivity index (χ1) is 6.36. The number of thioether (sulfide) groups is 1. The number of nitrogens with two attached hydrogens (primary N) is 1. The van der Waals surface area contributed by atoms with Gasteiger partial charge in [-0.25, -0.2) is 9.97 Å². The summed E-state index contributed by atoms with van der Waals surface area (Å²) in [4.78, 5) is 9.28. The molecule has 1 aromatic heterocycles. The molecular weight excluding hydrogens is 186 g/mol. The smallest absolute Gasteiger partial charge is 0.222 e. The normalized spacial score (nSPS) is 10.0. The Hall–Kier alpha value is -0.850. The second-order valence-electron chi connectivity index (χ2n) is 2.33. The predicted octanol–water partition coefficient (Wildman–Crippen LogP) is 0.0737. The first kappa shape index (κ1) is 10.2. The molecule has 0 atom stereocenters. The monoisotopic (exact) mass is 199 g/mol. The van der Waals surface area contributed by atoms with Crippen LogP contribution >= 0.6 is 11.8 Å². The van der Waals surface area contributed by atoms with Gasteiger partial charge >= 0.3 is 0 Å². The zero-order valence-corrected chi connectivity index (χ0v) is 8.27. The summed E-state index contributed by atoms with van der Waals surface area (Å²) >= 11 is 1.62. The van der Waals surface area contributed by atoms with Gasteiger partial charge in [-0.1, -0.05) is 0 Å². The van der Waals surface area contributed by atoms with Crippen molar-refractivity contribution in [3.8, 4) is 0 Å². The van der Waals surface area contributed by atoms with Crippen molar-refractivity contribution in [2.45, 2.75) is 4.90 Å². The summed E-state index contributed by atoms with van der Waals surface area (Å²) in [6.07, 6.45) is 5.57. The van der Waals surface area contributed by atoms with Gasteiger partial charge in [0.05, 0.1) is 0 Å². The molecule has 0 aliphatic rings. The van der Waals surface area contributed by atoms with Crippen LogP contribution in [0.2, 0.25) is 0 Å². The van der Waals surface area contributed by atoms with E-state index in [9.17, 15) is 0 Å². The molecule has 0 radical (unpaired) electrons. The number of hydrogen-bond acceptors (Lipinski definition) is 6. The Morgan fingerprint density at radius 2 is 2.08 bits per heavy atom. The van der Waals surface area contributed by atoms with Gasteiger partial charge in [-0.15, -0.1) is 11.8 Å². The summed E-state index contributed by atoms with van der Waals surface area (Å²) in [5, 5.41) is 3.02. The Labute approximate surface area is 81.5 Å². The van der Waals surface area contributed by atoms with Crippen LogP contribution in [0.15, 0.2) is 17.3 Å². The van der Waals surface area contributed by atoms with Crippen molar-refractivity contribution in [2.24, 2.45) is 5.84 Å². The maximum atomic E-state index is 5.10. The molecule has 1 aromatic rings. The molecule has 0 aliphatic heterocycles. The van der Waals surface area contributed by atoms with Crippen LogP contribution < -0.4 is 16.6 Å². The van der Waals surface area contributed by atoms with E-state index in [-0.39, 0.29) is 0 Å². The molecule has 1 rings (SSSR count). The van der Waals surface area contributed by atoms with Crippen molar-refractivity contribution in [2.75, 3.05) is 24.7 Å².